The molecule has 16 heavy (non-hydrogen) atoms. The molecule has 2 unspecified atom stereocenters. The summed E-state index contributed by atoms with van der Waals surface area (Å²) in [5, 5.41) is 3.98. The quantitative estimate of drug-likeness (QED) is 0.860. The van der Waals surface area contributed by atoms with Gasteiger partial charge >= 0.3 is 0 Å². The zero-order valence-corrected chi connectivity index (χ0v) is 10.2. The van der Waals surface area contributed by atoms with E-state index in [9.17, 15) is 0 Å². The Labute approximate surface area is 99.1 Å². The van der Waals surface area contributed by atoms with Crippen LogP contribution in [0.15, 0.2) is 4.52 Å². The summed E-state index contributed by atoms with van der Waals surface area (Å²) in [6.45, 7) is 3.44. The van der Waals surface area contributed by atoms with Gasteiger partial charge in [-0.3, -0.25) is 0 Å². The van der Waals surface area contributed by atoms with E-state index in [-0.39, 0.29) is 12.0 Å². The fourth-order valence-electron chi connectivity index (χ4n) is 1.59. The van der Waals surface area contributed by atoms with Crippen LogP contribution in [0.5, 0.6) is 0 Å². The maximum Gasteiger partial charge on any atom is 0.229 e. The van der Waals surface area contributed by atoms with Crippen LogP contribution in [0.4, 0.5) is 0 Å². The summed E-state index contributed by atoms with van der Waals surface area (Å²) in [4.78, 5) is 4.38. The fraction of sp³-hybridized carbons (Fsp3) is 0.800. The van der Waals surface area contributed by atoms with Crippen molar-refractivity contribution < 1.29 is 9.26 Å². The molecule has 0 aliphatic carbocycles. The molecule has 1 fully saturated rings. The van der Waals surface area contributed by atoms with Crippen LogP contribution >= 0.6 is 11.8 Å². The second-order valence-corrected chi connectivity index (χ2v) is 5.05. The number of thioether (sulfide) groups is 1. The minimum atomic E-state index is -0.0127. The first-order valence-corrected chi connectivity index (χ1v) is 6.69. The van der Waals surface area contributed by atoms with Gasteiger partial charge < -0.3 is 15.0 Å². The molecule has 0 spiro atoms. The van der Waals surface area contributed by atoms with E-state index in [0.29, 0.717) is 18.3 Å². The highest BCUT2D eigenvalue weighted by molar-refractivity contribution is 7.99. The first-order chi connectivity index (χ1) is 7.81. The first-order valence-electron chi connectivity index (χ1n) is 5.54. The molecular formula is C10H17N3O2S. The van der Waals surface area contributed by atoms with Crippen molar-refractivity contribution in [3.63, 3.8) is 0 Å². The Morgan fingerprint density at radius 1 is 1.62 bits per heavy atom. The van der Waals surface area contributed by atoms with Gasteiger partial charge in [0, 0.05) is 17.4 Å². The average molecular weight is 243 g/mol. The molecule has 90 valence electrons. The lowest BCUT2D eigenvalue weighted by molar-refractivity contribution is 0.0677. The number of hydrogen-bond donors (Lipinski definition) is 1. The third-order valence-corrected chi connectivity index (χ3v) is 3.58. The summed E-state index contributed by atoms with van der Waals surface area (Å²) in [6.07, 6.45) is 0.850. The lowest BCUT2D eigenvalue weighted by atomic mass is 10.1. The van der Waals surface area contributed by atoms with Crippen molar-refractivity contribution in [1.82, 2.24) is 10.1 Å². The number of ether oxygens (including phenoxy) is 1. The van der Waals surface area contributed by atoms with E-state index in [4.69, 9.17) is 15.0 Å². The number of rotatable bonds is 4. The van der Waals surface area contributed by atoms with Crippen molar-refractivity contribution >= 4 is 11.8 Å². The smallest absolute Gasteiger partial charge is 0.229 e. The summed E-state index contributed by atoms with van der Waals surface area (Å²) < 4.78 is 10.8. The van der Waals surface area contributed by atoms with Crippen LogP contribution in [0.3, 0.4) is 0 Å². The van der Waals surface area contributed by atoms with Crippen LogP contribution in [0.2, 0.25) is 0 Å². The standard InChI is InChI=1S/C10H17N3O2S/c1-7(2-3-11)10-12-9(13-15-10)8-6-16-5-4-14-8/h7-8H,2-6,11H2,1H3. The Morgan fingerprint density at radius 2 is 2.50 bits per heavy atom. The van der Waals surface area contributed by atoms with Gasteiger partial charge in [-0.15, -0.1) is 0 Å². The van der Waals surface area contributed by atoms with E-state index in [1.165, 1.54) is 0 Å². The van der Waals surface area contributed by atoms with Gasteiger partial charge in [0.05, 0.1) is 6.61 Å². The van der Waals surface area contributed by atoms with Crippen LogP contribution in [0.25, 0.3) is 0 Å². The first kappa shape index (κ1) is 11.9. The predicted molar refractivity (Wildman–Crippen MR) is 62.4 cm³/mol. The van der Waals surface area contributed by atoms with E-state index < -0.39 is 0 Å². The number of hydrogen-bond acceptors (Lipinski definition) is 6. The summed E-state index contributed by atoms with van der Waals surface area (Å²) in [7, 11) is 0. The third kappa shape index (κ3) is 2.75. The van der Waals surface area contributed by atoms with Crippen molar-refractivity contribution in [3.8, 4) is 0 Å². The van der Waals surface area contributed by atoms with E-state index in [1.54, 1.807) is 0 Å². The minimum Gasteiger partial charge on any atom is -0.368 e. The molecule has 1 aliphatic rings. The maximum atomic E-state index is 5.59. The summed E-state index contributed by atoms with van der Waals surface area (Å²) in [5.41, 5.74) is 5.50. The van der Waals surface area contributed by atoms with E-state index in [2.05, 4.69) is 10.1 Å². The Bertz CT molecular complexity index is 326. The highest BCUT2D eigenvalue weighted by Crippen LogP contribution is 2.26. The molecule has 2 N–H and O–H groups in total. The van der Waals surface area contributed by atoms with Gasteiger partial charge in [0.25, 0.3) is 0 Å². The van der Waals surface area contributed by atoms with Gasteiger partial charge in [0.1, 0.15) is 6.10 Å². The number of nitrogens with two attached hydrogens (primary N) is 1. The monoisotopic (exact) mass is 243 g/mol. The van der Waals surface area contributed by atoms with Crippen molar-refractivity contribution in [2.45, 2.75) is 25.4 Å². The molecule has 0 radical (unpaired) electrons. The summed E-state index contributed by atoms with van der Waals surface area (Å²) >= 11 is 1.86. The van der Waals surface area contributed by atoms with Crippen LogP contribution in [-0.4, -0.2) is 34.8 Å². The number of aromatic nitrogens is 2. The summed E-state index contributed by atoms with van der Waals surface area (Å²) in [6, 6.07) is 0. The van der Waals surface area contributed by atoms with E-state index in [1.807, 2.05) is 18.7 Å². The van der Waals surface area contributed by atoms with Crippen LogP contribution in [-0.2, 0) is 4.74 Å². The molecule has 0 saturated carbocycles. The Morgan fingerprint density at radius 3 is 3.19 bits per heavy atom. The highest BCUT2D eigenvalue weighted by Gasteiger charge is 2.23. The molecular weight excluding hydrogens is 226 g/mol. The number of nitrogens with zero attached hydrogens (tertiary/aromatic N) is 2. The lowest BCUT2D eigenvalue weighted by Crippen LogP contribution is -2.16. The third-order valence-electron chi connectivity index (χ3n) is 2.58. The van der Waals surface area contributed by atoms with Gasteiger partial charge in [-0.05, 0) is 13.0 Å². The fourth-order valence-corrected chi connectivity index (χ4v) is 2.43. The molecule has 2 heterocycles. The normalized spacial score (nSPS) is 23.2. The second-order valence-electron chi connectivity index (χ2n) is 3.90. The molecule has 0 amide bonds. The van der Waals surface area contributed by atoms with Crippen LogP contribution in [0, 0.1) is 0 Å². The Balaban J connectivity index is 2.00. The van der Waals surface area contributed by atoms with Gasteiger partial charge in [0.2, 0.25) is 11.7 Å². The lowest BCUT2D eigenvalue weighted by Gasteiger charge is -2.18. The average Bonchev–Trinajstić information content (AvgIpc) is 2.80. The molecule has 1 aliphatic heterocycles. The molecule has 0 bridgehead atoms. The van der Waals surface area contributed by atoms with Gasteiger partial charge in [0.15, 0.2) is 0 Å². The zero-order valence-electron chi connectivity index (χ0n) is 9.39. The van der Waals surface area contributed by atoms with Crippen LogP contribution < -0.4 is 5.73 Å². The SMILES string of the molecule is CC(CCN)c1nc(C2CSCCO2)no1. The maximum absolute atomic E-state index is 5.59. The zero-order chi connectivity index (χ0) is 11.4. The Kier molecular flexibility index (Phi) is 4.20. The topological polar surface area (TPSA) is 74.2 Å². The van der Waals surface area contributed by atoms with Gasteiger partial charge in [-0.1, -0.05) is 12.1 Å². The molecule has 1 saturated heterocycles. The molecule has 1 aromatic heterocycles. The highest BCUT2D eigenvalue weighted by atomic mass is 32.2. The summed E-state index contributed by atoms with van der Waals surface area (Å²) in [5.74, 6) is 3.52. The van der Waals surface area contributed by atoms with E-state index >= 15 is 0 Å². The molecule has 6 heteroatoms. The largest absolute Gasteiger partial charge is 0.368 e. The van der Waals surface area contributed by atoms with Crippen LogP contribution in [0.1, 0.15) is 37.1 Å². The molecule has 2 atom stereocenters. The second kappa shape index (κ2) is 5.65. The molecule has 0 aromatic carbocycles. The van der Waals surface area contributed by atoms with Gasteiger partial charge in [-0.25, -0.2) is 0 Å². The molecule has 2 rings (SSSR count). The van der Waals surface area contributed by atoms with Gasteiger partial charge in [-0.2, -0.15) is 16.7 Å². The van der Waals surface area contributed by atoms with E-state index in [0.717, 1.165) is 24.5 Å². The van der Waals surface area contributed by atoms with Crippen molar-refractivity contribution in [1.29, 1.82) is 0 Å². The van der Waals surface area contributed by atoms with Crippen molar-refractivity contribution in [3.05, 3.63) is 11.7 Å². The molecule has 5 nitrogen and oxygen atoms in total. The van der Waals surface area contributed by atoms with Crippen molar-refractivity contribution in [2.75, 3.05) is 24.7 Å². The minimum absolute atomic E-state index is 0.0127. The van der Waals surface area contributed by atoms with Crippen molar-refractivity contribution in [2.24, 2.45) is 5.73 Å². The Hall–Kier alpha value is -0.590. The molecule has 1 aromatic rings. The predicted octanol–water partition coefficient (Wildman–Crippen LogP) is 1.33.